The molecule has 144 valence electrons. The van der Waals surface area contributed by atoms with Crippen LogP contribution in [-0.2, 0) is 4.79 Å². The van der Waals surface area contributed by atoms with E-state index in [1.807, 2.05) is 6.92 Å². The highest BCUT2D eigenvalue weighted by Crippen LogP contribution is 2.29. The van der Waals surface area contributed by atoms with Gasteiger partial charge in [-0.3, -0.25) is 4.79 Å². The quantitative estimate of drug-likeness (QED) is 0.351. The van der Waals surface area contributed by atoms with Crippen molar-refractivity contribution in [3.63, 3.8) is 0 Å². The van der Waals surface area contributed by atoms with Crippen LogP contribution in [0.5, 0.6) is 5.75 Å². The highest BCUT2D eigenvalue weighted by molar-refractivity contribution is 8.00. The van der Waals surface area contributed by atoms with E-state index < -0.39 is 0 Å². The van der Waals surface area contributed by atoms with Crippen molar-refractivity contribution in [3.8, 4) is 16.3 Å². The van der Waals surface area contributed by atoms with Gasteiger partial charge in [0.05, 0.1) is 22.0 Å². The Bertz CT molecular complexity index is 1020. The molecule has 2 N–H and O–H groups in total. The Hall–Kier alpha value is -2.71. The summed E-state index contributed by atoms with van der Waals surface area (Å²) in [7, 11) is 0. The van der Waals surface area contributed by atoms with Crippen molar-refractivity contribution in [1.29, 1.82) is 0 Å². The molecule has 0 unspecified atom stereocenters. The summed E-state index contributed by atoms with van der Waals surface area (Å²) in [6.07, 6.45) is 0. The van der Waals surface area contributed by atoms with Crippen molar-refractivity contribution in [2.75, 3.05) is 5.75 Å². The Balaban J connectivity index is 1.64. The Morgan fingerprint density at radius 2 is 1.96 bits per heavy atom. The van der Waals surface area contributed by atoms with Gasteiger partial charge >= 0.3 is 0 Å². The molecule has 0 aliphatic carbocycles. The monoisotopic (exact) mass is 415 g/mol. The number of hydrogen-bond donors (Lipinski definition) is 2. The van der Waals surface area contributed by atoms with Crippen LogP contribution in [0.25, 0.3) is 10.6 Å². The number of rotatable bonds is 6. The molecule has 1 amide bonds. The van der Waals surface area contributed by atoms with Gasteiger partial charge in [0.25, 0.3) is 0 Å². The van der Waals surface area contributed by atoms with Gasteiger partial charge in [-0.25, -0.2) is 14.8 Å². The van der Waals surface area contributed by atoms with Crippen LogP contribution in [0.4, 0.5) is 4.39 Å². The molecule has 0 radical (unpaired) electrons. The smallest absolute Gasteiger partial charge is 0.250 e. The molecule has 3 rings (SSSR count). The first-order valence-electron chi connectivity index (χ1n) is 8.41. The normalized spacial score (nSPS) is 11.5. The second-order valence-corrected chi connectivity index (χ2v) is 7.95. The predicted molar refractivity (Wildman–Crippen MR) is 111 cm³/mol. The number of carbonyl (C=O) groups is 1. The zero-order chi connectivity index (χ0) is 20.1. The van der Waals surface area contributed by atoms with E-state index >= 15 is 0 Å². The molecule has 3 aromatic rings. The number of halogens is 1. The largest absolute Gasteiger partial charge is 0.508 e. The van der Waals surface area contributed by atoms with Gasteiger partial charge in [-0.15, -0.1) is 23.1 Å². The maximum absolute atomic E-state index is 13.6. The van der Waals surface area contributed by atoms with Gasteiger partial charge in [0, 0.05) is 10.5 Å². The summed E-state index contributed by atoms with van der Waals surface area (Å²) in [5, 5.41) is 14.4. The van der Waals surface area contributed by atoms with Crippen molar-refractivity contribution < 1.29 is 14.3 Å². The summed E-state index contributed by atoms with van der Waals surface area (Å²) in [5.41, 5.74) is 4.86. The summed E-state index contributed by atoms with van der Waals surface area (Å²) in [6.45, 7) is 3.68. The first-order valence-corrected chi connectivity index (χ1v) is 10.2. The first kappa shape index (κ1) is 20.0. The van der Waals surface area contributed by atoms with Crippen molar-refractivity contribution in [3.05, 3.63) is 64.9 Å². The summed E-state index contributed by atoms with van der Waals surface area (Å²) in [5.74, 6) is -0.389. The van der Waals surface area contributed by atoms with E-state index in [0.717, 1.165) is 32.9 Å². The van der Waals surface area contributed by atoms with E-state index in [0.29, 0.717) is 10.6 Å². The van der Waals surface area contributed by atoms with E-state index in [2.05, 4.69) is 15.5 Å². The second kappa shape index (κ2) is 8.99. The fourth-order valence-corrected chi connectivity index (χ4v) is 4.14. The third-order valence-electron chi connectivity index (χ3n) is 3.78. The molecule has 0 aliphatic rings. The number of amides is 1. The van der Waals surface area contributed by atoms with Gasteiger partial charge in [0.15, 0.2) is 0 Å². The van der Waals surface area contributed by atoms with Crippen LogP contribution in [-0.4, -0.2) is 27.5 Å². The minimum absolute atomic E-state index is 0.0676. The molecule has 5 nitrogen and oxygen atoms in total. The zero-order valence-corrected chi connectivity index (χ0v) is 16.9. The molecule has 0 aliphatic heterocycles. The van der Waals surface area contributed by atoms with E-state index in [-0.39, 0.29) is 23.2 Å². The molecule has 8 heteroatoms. The summed E-state index contributed by atoms with van der Waals surface area (Å²) >= 11 is 2.58. The van der Waals surface area contributed by atoms with Gasteiger partial charge in [0.1, 0.15) is 16.6 Å². The third-order valence-corrected chi connectivity index (χ3v) is 6.15. The van der Waals surface area contributed by atoms with Gasteiger partial charge in [-0.2, -0.15) is 5.10 Å². The van der Waals surface area contributed by atoms with E-state index in [1.165, 1.54) is 17.4 Å². The number of carbonyl (C=O) groups excluding carboxylic acids is 1. The predicted octanol–water partition coefficient (Wildman–Crippen LogP) is 4.60. The second-order valence-electron chi connectivity index (χ2n) is 5.93. The highest BCUT2D eigenvalue weighted by Gasteiger charge is 2.13. The van der Waals surface area contributed by atoms with Crippen LogP contribution in [0.2, 0.25) is 0 Å². The average Bonchev–Trinajstić information content (AvgIpc) is 3.07. The van der Waals surface area contributed by atoms with Crippen LogP contribution in [0.1, 0.15) is 17.5 Å². The molecule has 0 atom stereocenters. The van der Waals surface area contributed by atoms with Gasteiger partial charge in [-0.1, -0.05) is 12.1 Å². The van der Waals surface area contributed by atoms with Crippen LogP contribution in [0.15, 0.2) is 58.5 Å². The Labute approximate surface area is 170 Å². The van der Waals surface area contributed by atoms with Crippen molar-refractivity contribution in [2.24, 2.45) is 5.10 Å². The number of phenolic OH excluding ortho intramolecular Hbond substituents is 1. The highest BCUT2D eigenvalue weighted by atomic mass is 32.2. The number of aryl methyl sites for hydroxylation is 1. The third kappa shape index (κ3) is 4.96. The molecule has 0 fully saturated rings. The fraction of sp³-hybridized carbons (Fsp3) is 0.150. The fourth-order valence-electron chi connectivity index (χ4n) is 2.39. The molecule has 0 spiro atoms. The number of thioether (sulfide) groups is 1. The average molecular weight is 416 g/mol. The van der Waals surface area contributed by atoms with Crippen molar-refractivity contribution >= 4 is 34.7 Å². The Kier molecular flexibility index (Phi) is 6.43. The lowest BCUT2D eigenvalue weighted by Crippen LogP contribution is -2.21. The number of thiazole rings is 1. The number of aromatic nitrogens is 1. The number of nitrogens with zero attached hydrogens (tertiary/aromatic N) is 2. The van der Waals surface area contributed by atoms with Gasteiger partial charge < -0.3 is 5.11 Å². The molecule has 0 bridgehead atoms. The summed E-state index contributed by atoms with van der Waals surface area (Å²) < 4.78 is 13.6. The topological polar surface area (TPSA) is 74.6 Å². The van der Waals surface area contributed by atoms with Crippen molar-refractivity contribution in [2.45, 2.75) is 18.7 Å². The summed E-state index contributed by atoms with van der Waals surface area (Å²) in [6, 6.07) is 13.1. The Morgan fingerprint density at radius 1 is 1.25 bits per heavy atom. The van der Waals surface area contributed by atoms with Gasteiger partial charge in [-0.05, 0) is 50.2 Å². The SMILES string of the molecule is C/C(=N\NC(=O)CSc1ccccc1F)c1sc(-c2ccc(O)cc2)nc1C. The lowest BCUT2D eigenvalue weighted by molar-refractivity contribution is -0.118. The summed E-state index contributed by atoms with van der Waals surface area (Å²) in [4.78, 5) is 17.8. The number of benzene rings is 2. The maximum Gasteiger partial charge on any atom is 0.250 e. The van der Waals surface area contributed by atoms with Crippen molar-refractivity contribution in [1.82, 2.24) is 10.4 Å². The first-order chi connectivity index (χ1) is 13.4. The van der Waals surface area contributed by atoms with E-state index in [1.54, 1.807) is 49.4 Å². The molecule has 2 aromatic carbocycles. The molecule has 28 heavy (non-hydrogen) atoms. The standard InChI is InChI=1S/C20H18FN3O2S2/c1-12-19(28-20(22-12)14-7-9-15(25)10-8-14)13(2)23-24-18(26)11-27-17-6-4-3-5-16(17)21/h3-10,25H,11H2,1-2H3,(H,24,26)/b23-13+. The van der Waals surface area contributed by atoms with Crippen LogP contribution in [0, 0.1) is 12.7 Å². The van der Waals surface area contributed by atoms with E-state index in [4.69, 9.17) is 0 Å². The number of phenols is 1. The van der Waals surface area contributed by atoms with Crippen LogP contribution < -0.4 is 5.43 Å². The number of aromatic hydroxyl groups is 1. The number of nitrogens with one attached hydrogen (secondary N) is 1. The van der Waals surface area contributed by atoms with Gasteiger partial charge in [0.2, 0.25) is 5.91 Å². The van der Waals surface area contributed by atoms with E-state index in [9.17, 15) is 14.3 Å². The Morgan fingerprint density at radius 3 is 2.68 bits per heavy atom. The number of hydrazone groups is 1. The zero-order valence-electron chi connectivity index (χ0n) is 15.3. The lowest BCUT2D eigenvalue weighted by atomic mass is 10.2. The minimum Gasteiger partial charge on any atom is -0.508 e. The lowest BCUT2D eigenvalue weighted by Gasteiger charge is -2.03. The maximum atomic E-state index is 13.6. The van der Waals surface area contributed by atoms with Crippen LogP contribution in [0.3, 0.4) is 0 Å². The molecular weight excluding hydrogens is 397 g/mol. The number of hydrogen-bond acceptors (Lipinski definition) is 6. The molecule has 1 heterocycles. The van der Waals surface area contributed by atoms with Crippen LogP contribution >= 0.6 is 23.1 Å². The minimum atomic E-state index is -0.345. The molecule has 0 saturated heterocycles. The molecule has 0 saturated carbocycles. The molecule has 1 aromatic heterocycles. The molecular formula is C20H18FN3O2S2.